The predicted molar refractivity (Wildman–Crippen MR) is 248 cm³/mol. The molecule has 324 valence electrons. The summed E-state index contributed by atoms with van der Waals surface area (Å²) < 4.78 is 0. The van der Waals surface area contributed by atoms with E-state index >= 15 is 0 Å². The van der Waals surface area contributed by atoms with Crippen LogP contribution < -0.4 is 5.32 Å². The molecule has 0 heterocycles. The number of amides is 1. The summed E-state index contributed by atoms with van der Waals surface area (Å²) in [4.78, 5) is 12.4. The van der Waals surface area contributed by atoms with Gasteiger partial charge in [0.2, 0.25) is 5.91 Å². The number of hydrogen-bond donors (Lipinski definition) is 3. The number of allylic oxidation sites excluding steroid dienone is 12. The van der Waals surface area contributed by atoms with Crippen LogP contribution in [0.5, 0.6) is 0 Å². The van der Waals surface area contributed by atoms with Gasteiger partial charge in [-0.15, -0.1) is 0 Å². The van der Waals surface area contributed by atoms with E-state index in [1.807, 2.05) is 0 Å². The summed E-state index contributed by atoms with van der Waals surface area (Å²) in [6, 6.07) is -0.545. The Morgan fingerprint density at radius 3 is 1.18 bits per heavy atom. The van der Waals surface area contributed by atoms with Crippen LogP contribution in [0, 0.1) is 0 Å². The second-order valence-electron chi connectivity index (χ2n) is 16.2. The topological polar surface area (TPSA) is 69.6 Å². The van der Waals surface area contributed by atoms with Crippen molar-refractivity contribution in [2.45, 2.75) is 244 Å². The molecule has 56 heavy (non-hydrogen) atoms. The van der Waals surface area contributed by atoms with Gasteiger partial charge in [0, 0.05) is 6.42 Å². The lowest BCUT2D eigenvalue weighted by atomic mass is 10.0. The van der Waals surface area contributed by atoms with Crippen LogP contribution in [0.15, 0.2) is 72.9 Å². The van der Waals surface area contributed by atoms with Gasteiger partial charge < -0.3 is 15.5 Å². The molecular weight excluding hydrogens is 687 g/mol. The number of aliphatic hydroxyl groups excluding tert-OH is 2. The molecule has 0 aliphatic carbocycles. The number of carbonyl (C=O) groups excluding carboxylic acids is 1. The molecule has 0 aromatic carbocycles. The van der Waals surface area contributed by atoms with E-state index in [-0.39, 0.29) is 12.5 Å². The van der Waals surface area contributed by atoms with Gasteiger partial charge in [0.25, 0.3) is 0 Å². The van der Waals surface area contributed by atoms with Crippen LogP contribution >= 0.6 is 0 Å². The Morgan fingerprint density at radius 2 is 0.786 bits per heavy atom. The van der Waals surface area contributed by atoms with Gasteiger partial charge in [-0.1, -0.05) is 234 Å². The zero-order chi connectivity index (χ0) is 40.7. The molecule has 2 atom stereocenters. The minimum Gasteiger partial charge on any atom is -0.394 e. The molecule has 0 aliphatic heterocycles. The van der Waals surface area contributed by atoms with Crippen LogP contribution in [0.1, 0.15) is 232 Å². The lowest BCUT2D eigenvalue weighted by molar-refractivity contribution is -0.123. The summed E-state index contributed by atoms with van der Waals surface area (Å²) in [6.07, 6.45) is 67.0. The number of hydrogen-bond acceptors (Lipinski definition) is 3. The standard InChI is InChI=1S/C52H93NO3/c1-3-5-7-9-11-13-15-17-19-21-22-23-24-25-26-27-28-29-30-32-34-36-38-40-42-44-46-48-52(56)53-50(49-54)51(55)47-45-43-41-39-37-35-33-31-20-18-16-14-12-10-8-6-4-2/h5,7,11,13,17,19,22-23,25-26,28-29,50-51,54-55H,3-4,6,8-10,12,14-16,18,20-21,24,27,30-49H2,1-2H3,(H,53,56)/b7-5-,13-11-,19-17-,23-22-,26-25-,29-28-. The fourth-order valence-electron chi connectivity index (χ4n) is 7.07. The minimum absolute atomic E-state index is 0.0418. The van der Waals surface area contributed by atoms with Gasteiger partial charge in [-0.2, -0.15) is 0 Å². The van der Waals surface area contributed by atoms with E-state index in [2.05, 4.69) is 92.1 Å². The van der Waals surface area contributed by atoms with E-state index in [4.69, 9.17) is 0 Å². The van der Waals surface area contributed by atoms with Crippen LogP contribution in [0.25, 0.3) is 0 Å². The van der Waals surface area contributed by atoms with Crippen molar-refractivity contribution in [3.05, 3.63) is 72.9 Å². The summed E-state index contributed by atoms with van der Waals surface area (Å²) in [5.74, 6) is -0.0418. The molecular formula is C52H93NO3. The van der Waals surface area contributed by atoms with Crippen LogP contribution in [0.2, 0.25) is 0 Å². The van der Waals surface area contributed by atoms with Crippen molar-refractivity contribution in [1.29, 1.82) is 0 Å². The maximum atomic E-state index is 12.4. The van der Waals surface area contributed by atoms with E-state index in [1.54, 1.807) is 0 Å². The van der Waals surface area contributed by atoms with E-state index in [1.165, 1.54) is 141 Å². The van der Waals surface area contributed by atoms with Crippen molar-refractivity contribution in [2.24, 2.45) is 0 Å². The maximum absolute atomic E-state index is 12.4. The Bertz CT molecular complexity index is 977. The van der Waals surface area contributed by atoms with Crippen LogP contribution in [-0.4, -0.2) is 34.9 Å². The van der Waals surface area contributed by atoms with Crippen molar-refractivity contribution < 1.29 is 15.0 Å². The molecule has 4 nitrogen and oxygen atoms in total. The summed E-state index contributed by atoms with van der Waals surface area (Å²) in [5, 5.41) is 23.2. The van der Waals surface area contributed by atoms with E-state index in [9.17, 15) is 15.0 Å². The van der Waals surface area contributed by atoms with Crippen molar-refractivity contribution in [3.8, 4) is 0 Å². The summed E-state index contributed by atoms with van der Waals surface area (Å²) in [6.45, 7) is 4.25. The van der Waals surface area contributed by atoms with Gasteiger partial charge in [-0.25, -0.2) is 0 Å². The monoisotopic (exact) mass is 780 g/mol. The van der Waals surface area contributed by atoms with E-state index < -0.39 is 12.1 Å². The zero-order valence-electron chi connectivity index (χ0n) is 37.1. The van der Waals surface area contributed by atoms with Crippen molar-refractivity contribution in [1.82, 2.24) is 5.32 Å². The summed E-state index contributed by atoms with van der Waals surface area (Å²) in [5.41, 5.74) is 0. The van der Waals surface area contributed by atoms with Crippen LogP contribution in [0.3, 0.4) is 0 Å². The lowest BCUT2D eigenvalue weighted by Gasteiger charge is -2.22. The van der Waals surface area contributed by atoms with Gasteiger partial charge in [-0.05, 0) is 64.2 Å². The first kappa shape index (κ1) is 53.8. The van der Waals surface area contributed by atoms with Gasteiger partial charge in [0.05, 0.1) is 18.8 Å². The van der Waals surface area contributed by atoms with Crippen molar-refractivity contribution >= 4 is 5.91 Å². The third-order valence-electron chi connectivity index (χ3n) is 10.7. The maximum Gasteiger partial charge on any atom is 0.220 e. The number of unbranched alkanes of at least 4 members (excludes halogenated alkanes) is 24. The molecule has 0 rings (SSSR count). The highest BCUT2D eigenvalue weighted by atomic mass is 16.3. The molecule has 0 aromatic rings. The molecule has 0 spiro atoms. The number of rotatable bonds is 43. The second-order valence-corrected chi connectivity index (χ2v) is 16.2. The number of carbonyl (C=O) groups is 1. The normalized spacial score (nSPS) is 13.6. The van der Waals surface area contributed by atoms with Gasteiger partial charge >= 0.3 is 0 Å². The first-order chi connectivity index (χ1) is 27.7. The highest BCUT2D eigenvalue weighted by molar-refractivity contribution is 5.76. The molecule has 0 radical (unpaired) electrons. The van der Waals surface area contributed by atoms with Crippen molar-refractivity contribution in [2.75, 3.05) is 6.61 Å². The number of aliphatic hydroxyl groups is 2. The molecule has 0 fully saturated rings. The second kappa shape index (κ2) is 47.2. The average molecular weight is 780 g/mol. The van der Waals surface area contributed by atoms with Gasteiger partial charge in [-0.3, -0.25) is 4.79 Å². The predicted octanol–water partition coefficient (Wildman–Crippen LogP) is 15.5. The largest absolute Gasteiger partial charge is 0.394 e. The molecule has 0 aromatic heterocycles. The van der Waals surface area contributed by atoms with E-state index in [0.29, 0.717) is 12.8 Å². The molecule has 0 saturated heterocycles. The smallest absolute Gasteiger partial charge is 0.220 e. The Kier molecular flexibility index (Phi) is 45.4. The summed E-state index contributed by atoms with van der Waals surface area (Å²) in [7, 11) is 0. The highest BCUT2D eigenvalue weighted by Gasteiger charge is 2.20. The first-order valence-electron chi connectivity index (χ1n) is 24.1. The third-order valence-corrected chi connectivity index (χ3v) is 10.7. The summed E-state index contributed by atoms with van der Waals surface area (Å²) >= 11 is 0. The fraction of sp³-hybridized carbons (Fsp3) is 0.750. The minimum atomic E-state index is -0.667. The fourth-order valence-corrected chi connectivity index (χ4v) is 7.07. The molecule has 0 aliphatic rings. The third kappa shape index (κ3) is 43.0. The Hall–Kier alpha value is -2.17. The zero-order valence-corrected chi connectivity index (χ0v) is 37.1. The van der Waals surface area contributed by atoms with Crippen molar-refractivity contribution in [3.63, 3.8) is 0 Å². The van der Waals surface area contributed by atoms with Crippen LogP contribution in [-0.2, 0) is 4.79 Å². The Balaban J connectivity index is 3.57. The molecule has 4 heteroatoms. The average Bonchev–Trinajstić information content (AvgIpc) is 3.20. The van der Waals surface area contributed by atoms with E-state index in [0.717, 1.165) is 64.2 Å². The Labute approximate surface area is 349 Å². The van der Waals surface area contributed by atoms with Gasteiger partial charge in [0.1, 0.15) is 0 Å². The Morgan fingerprint density at radius 1 is 0.446 bits per heavy atom. The quantitative estimate of drug-likeness (QED) is 0.0426. The molecule has 1 amide bonds. The number of nitrogens with one attached hydrogen (secondary N) is 1. The highest BCUT2D eigenvalue weighted by Crippen LogP contribution is 2.16. The molecule has 2 unspecified atom stereocenters. The first-order valence-corrected chi connectivity index (χ1v) is 24.1. The SMILES string of the molecule is CC/C=C\C/C=C\C/C=C\C/C=C\C/C=C\C/C=C\CCCCCCCCCCC(=O)NC(CO)C(O)CCCCCCCCCCCCCCCCCCC. The molecule has 3 N–H and O–H groups in total. The lowest BCUT2D eigenvalue weighted by Crippen LogP contribution is -2.45. The van der Waals surface area contributed by atoms with Crippen LogP contribution in [0.4, 0.5) is 0 Å². The molecule has 0 bridgehead atoms. The molecule has 0 saturated carbocycles. The van der Waals surface area contributed by atoms with Gasteiger partial charge in [0.15, 0.2) is 0 Å².